The molecular formula is C18H15ClF2N2O2. The quantitative estimate of drug-likeness (QED) is 0.827. The van der Waals surface area contributed by atoms with Gasteiger partial charge in [0.15, 0.2) is 0 Å². The second-order valence-electron chi connectivity index (χ2n) is 5.71. The highest BCUT2D eigenvalue weighted by Crippen LogP contribution is 2.26. The van der Waals surface area contributed by atoms with Gasteiger partial charge in [-0.15, -0.1) is 0 Å². The first kappa shape index (κ1) is 17.4. The van der Waals surface area contributed by atoms with Crippen molar-refractivity contribution in [2.75, 3.05) is 18.1 Å². The molecule has 2 amide bonds. The van der Waals surface area contributed by atoms with Gasteiger partial charge < -0.3 is 4.90 Å². The summed E-state index contributed by atoms with van der Waals surface area (Å²) in [5.74, 6) is -2.00. The van der Waals surface area contributed by atoms with Crippen molar-refractivity contribution in [3.05, 3.63) is 64.7 Å². The number of nitrogens with zero attached hydrogens (tertiary/aromatic N) is 2. The molecule has 0 radical (unpaired) electrons. The van der Waals surface area contributed by atoms with Crippen molar-refractivity contribution in [1.29, 1.82) is 0 Å². The van der Waals surface area contributed by atoms with Crippen molar-refractivity contribution in [3.8, 4) is 0 Å². The summed E-state index contributed by atoms with van der Waals surface area (Å²) in [4.78, 5) is 27.5. The third-order valence-corrected chi connectivity index (χ3v) is 4.34. The maximum atomic E-state index is 14.0. The van der Waals surface area contributed by atoms with E-state index in [0.29, 0.717) is 25.1 Å². The Hall–Kier alpha value is -2.47. The smallest absolute Gasteiger partial charge is 0.262 e. The number of anilines is 1. The van der Waals surface area contributed by atoms with Gasteiger partial charge in [-0.05, 0) is 36.8 Å². The van der Waals surface area contributed by atoms with Crippen LogP contribution >= 0.6 is 11.6 Å². The zero-order valence-corrected chi connectivity index (χ0v) is 14.0. The third-order valence-electron chi connectivity index (χ3n) is 4.05. The van der Waals surface area contributed by atoms with Crippen LogP contribution in [0.2, 0.25) is 5.02 Å². The Bertz CT molecular complexity index is 828. The minimum Gasteiger partial charge on any atom is -0.324 e. The van der Waals surface area contributed by atoms with E-state index in [1.54, 1.807) is 6.07 Å². The van der Waals surface area contributed by atoms with Gasteiger partial charge in [0, 0.05) is 18.7 Å². The van der Waals surface area contributed by atoms with E-state index >= 15 is 0 Å². The van der Waals surface area contributed by atoms with Crippen LogP contribution in [-0.4, -0.2) is 29.9 Å². The van der Waals surface area contributed by atoms with Crippen LogP contribution < -0.4 is 4.90 Å². The van der Waals surface area contributed by atoms with Crippen LogP contribution in [0.4, 0.5) is 14.5 Å². The first-order chi connectivity index (χ1) is 12.0. The van der Waals surface area contributed by atoms with E-state index in [9.17, 15) is 18.4 Å². The normalized spacial score (nSPS) is 14.0. The Morgan fingerprint density at radius 3 is 2.56 bits per heavy atom. The molecular weight excluding hydrogens is 350 g/mol. The van der Waals surface area contributed by atoms with Gasteiger partial charge in [-0.3, -0.25) is 14.5 Å². The van der Waals surface area contributed by atoms with E-state index in [1.165, 1.54) is 40.1 Å². The fourth-order valence-electron chi connectivity index (χ4n) is 2.72. The lowest BCUT2D eigenvalue weighted by atomic mass is 10.1. The highest BCUT2D eigenvalue weighted by Gasteiger charge is 2.27. The lowest BCUT2D eigenvalue weighted by molar-refractivity contribution is -0.127. The molecule has 7 heteroatoms. The highest BCUT2D eigenvalue weighted by atomic mass is 35.5. The zero-order valence-electron chi connectivity index (χ0n) is 13.2. The number of carbonyl (C=O) groups is 2. The van der Waals surface area contributed by atoms with Gasteiger partial charge in [0.05, 0.1) is 10.6 Å². The maximum absolute atomic E-state index is 14.0. The molecule has 0 unspecified atom stereocenters. The number of halogens is 3. The standard InChI is InChI=1S/C18H15ClF2N2O2/c19-14-10-12(7-8-16(14)21)23(11-22-9-3-6-17(22)24)18(25)13-4-1-2-5-15(13)20/h1-2,4-5,7-8,10H,3,6,9,11H2. The Labute approximate surface area is 148 Å². The van der Waals surface area contributed by atoms with E-state index in [0.717, 1.165) is 6.07 Å². The molecule has 1 aliphatic heterocycles. The number of hydrogen-bond acceptors (Lipinski definition) is 2. The van der Waals surface area contributed by atoms with Crippen LogP contribution in [0, 0.1) is 11.6 Å². The Balaban J connectivity index is 1.98. The first-order valence-corrected chi connectivity index (χ1v) is 8.14. The summed E-state index contributed by atoms with van der Waals surface area (Å²) in [7, 11) is 0. The maximum Gasteiger partial charge on any atom is 0.262 e. The van der Waals surface area contributed by atoms with Crippen LogP contribution in [0.1, 0.15) is 23.2 Å². The van der Waals surface area contributed by atoms with Gasteiger partial charge in [0.2, 0.25) is 5.91 Å². The van der Waals surface area contributed by atoms with Crippen molar-refractivity contribution in [3.63, 3.8) is 0 Å². The summed E-state index contributed by atoms with van der Waals surface area (Å²) >= 11 is 5.82. The van der Waals surface area contributed by atoms with E-state index < -0.39 is 17.5 Å². The van der Waals surface area contributed by atoms with Crippen LogP contribution in [0.15, 0.2) is 42.5 Å². The Kier molecular flexibility index (Phi) is 4.99. The first-order valence-electron chi connectivity index (χ1n) is 7.76. The van der Waals surface area contributed by atoms with E-state index in [1.807, 2.05) is 0 Å². The minimum absolute atomic E-state index is 0.0477. The molecule has 0 aromatic heterocycles. The van der Waals surface area contributed by atoms with Gasteiger partial charge in [-0.25, -0.2) is 8.78 Å². The molecule has 0 spiro atoms. The molecule has 1 fully saturated rings. The van der Waals surface area contributed by atoms with Crippen LogP contribution in [0.25, 0.3) is 0 Å². The SMILES string of the molecule is O=C1CCCN1CN(C(=O)c1ccccc1F)c1ccc(F)c(Cl)c1. The predicted molar refractivity (Wildman–Crippen MR) is 90.4 cm³/mol. The molecule has 0 N–H and O–H groups in total. The second kappa shape index (κ2) is 7.19. The lowest BCUT2D eigenvalue weighted by Crippen LogP contribution is -2.42. The number of hydrogen-bond donors (Lipinski definition) is 0. The summed E-state index contributed by atoms with van der Waals surface area (Å²) in [6.45, 7) is 0.461. The topological polar surface area (TPSA) is 40.6 Å². The van der Waals surface area contributed by atoms with E-state index in [2.05, 4.69) is 0 Å². The van der Waals surface area contributed by atoms with Crippen molar-refractivity contribution in [2.45, 2.75) is 12.8 Å². The minimum atomic E-state index is -0.668. The summed E-state index contributed by atoms with van der Waals surface area (Å²) in [5.41, 5.74) is 0.161. The summed E-state index contributed by atoms with van der Waals surface area (Å²) in [6, 6.07) is 9.37. The predicted octanol–water partition coefficient (Wildman–Crippen LogP) is 3.84. The molecule has 25 heavy (non-hydrogen) atoms. The van der Waals surface area contributed by atoms with Gasteiger partial charge in [-0.1, -0.05) is 23.7 Å². The van der Waals surface area contributed by atoms with E-state index in [4.69, 9.17) is 11.6 Å². The molecule has 0 bridgehead atoms. The molecule has 2 aromatic carbocycles. The molecule has 1 aliphatic rings. The average molecular weight is 365 g/mol. The van der Waals surface area contributed by atoms with Gasteiger partial charge >= 0.3 is 0 Å². The molecule has 0 atom stereocenters. The van der Waals surface area contributed by atoms with Crippen molar-refractivity contribution in [2.24, 2.45) is 0 Å². The fraction of sp³-hybridized carbons (Fsp3) is 0.222. The van der Waals surface area contributed by atoms with Crippen LogP contribution in [0.3, 0.4) is 0 Å². The molecule has 2 aromatic rings. The van der Waals surface area contributed by atoms with Crippen LogP contribution in [0.5, 0.6) is 0 Å². The number of likely N-dealkylation sites (tertiary alicyclic amines) is 1. The number of carbonyl (C=O) groups excluding carboxylic acids is 2. The van der Waals surface area contributed by atoms with Gasteiger partial charge in [0.25, 0.3) is 5.91 Å². The van der Waals surface area contributed by atoms with Crippen molar-refractivity contribution in [1.82, 2.24) is 4.90 Å². The zero-order chi connectivity index (χ0) is 18.0. The molecule has 0 aliphatic carbocycles. The molecule has 1 saturated heterocycles. The fourth-order valence-corrected chi connectivity index (χ4v) is 2.90. The second-order valence-corrected chi connectivity index (χ2v) is 6.12. The molecule has 1 heterocycles. The monoisotopic (exact) mass is 364 g/mol. The van der Waals surface area contributed by atoms with E-state index in [-0.39, 0.29) is 23.2 Å². The average Bonchev–Trinajstić information content (AvgIpc) is 3.00. The Morgan fingerprint density at radius 1 is 1.16 bits per heavy atom. The summed E-state index contributed by atoms with van der Waals surface area (Å²) < 4.78 is 27.5. The Morgan fingerprint density at radius 2 is 1.92 bits per heavy atom. The largest absolute Gasteiger partial charge is 0.324 e. The number of benzene rings is 2. The molecule has 3 rings (SSSR count). The summed E-state index contributed by atoms with van der Waals surface area (Å²) in [5, 5.41) is -0.156. The molecule has 4 nitrogen and oxygen atoms in total. The molecule has 130 valence electrons. The van der Waals surface area contributed by atoms with Gasteiger partial charge in [0.1, 0.15) is 18.3 Å². The van der Waals surface area contributed by atoms with Crippen LogP contribution in [-0.2, 0) is 4.79 Å². The molecule has 0 saturated carbocycles. The van der Waals surface area contributed by atoms with Crippen molar-refractivity contribution < 1.29 is 18.4 Å². The highest BCUT2D eigenvalue weighted by molar-refractivity contribution is 6.31. The lowest BCUT2D eigenvalue weighted by Gasteiger charge is -2.28. The number of rotatable bonds is 4. The van der Waals surface area contributed by atoms with Gasteiger partial charge in [-0.2, -0.15) is 0 Å². The third kappa shape index (κ3) is 3.64. The summed E-state index contributed by atoms with van der Waals surface area (Å²) in [6.07, 6.45) is 1.11. The number of amides is 2. The van der Waals surface area contributed by atoms with Crippen molar-refractivity contribution >= 4 is 29.1 Å².